The van der Waals surface area contributed by atoms with Crippen LogP contribution in [-0.4, -0.2) is 9.02 Å². The van der Waals surface area contributed by atoms with Crippen molar-refractivity contribution in [3.8, 4) is 0 Å². The fourth-order valence-corrected chi connectivity index (χ4v) is 1.50. The number of hydrogen-bond acceptors (Lipinski definition) is 1. The summed E-state index contributed by atoms with van der Waals surface area (Å²) in [5.41, 5.74) is 0. The van der Waals surface area contributed by atoms with Crippen molar-refractivity contribution < 1.29 is 4.79 Å². The Morgan fingerprint density at radius 3 is 2.00 bits per heavy atom. The van der Waals surface area contributed by atoms with Crippen LogP contribution in [0.4, 0.5) is 0 Å². The lowest BCUT2D eigenvalue weighted by atomic mass is 10.2. The van der Waals surface area contributed by atoms with Crippen molar-refractivity contribution in [1.29, 1.82) is 0 Å². The van der Waals surface area contributed by atoms with Gasteiger partial charge in [-0.2, -0.15) is 0 Å². The summed E-state index contributed by atoms with van der Waals surface area (Å²) in [5, 5.41) is 0. The van der Waals surface area contributed by atoms with Gasteiger partial charge in [-0.15, -0.1) is 0 Å². The van der Waals surface area contributed by atoms with Crippen LogP contribution in [0.15, 0.2) is 24.3 Å². The molecule has 0 saturated carbocycles. The molecule has 0 unspecified atom stereocenters. The molecule has 1 nitrogen and oxygen atoms in total. The molecular formula is C11H16Br2O. The first kappa shape index (κ1) is 14.1. The molecule has 0 spiro atoms. The van der Waals surface area contributed by atoms with E-state index in [1.54, 1.807) is 0 Å². The minimum Gasteiger partial charge on any atom is -0.300 e. The first-order valence-electron chi connectivity index (χ1n) is 4.75. The molecule has 0 N–H and O–H groups in total. The van der Waals surface area contributed by atoms with E-state index in [0.29, 0.717) is 18.6 Å². The van der Waals surface area contributed by atoms with Crippen LogP contribution in [0.1, 0.15) is 33.1 Å². The van der Waals surface area contributed by atoms with Crippen LogP contribution in [0.2, 0.25) is 0 Å². The van der Waals surface area contributed by atoms with E-state index in [-0.39, 0.29) is 3.23 Å². The molecule has 0 aromatic carbocycles. The van der Waals surface area contributed by atoms with Gasteiger partial charge >= 0.3 is 0 Å². The molecule has 0 radical (unpaired) electrons. The van der Waals surface area contributed by atoms with Crippen molar-refractivity contribution in [3.63, 3.8) is 0 Å². The van der Waals surface area contributed by atoms with Crippen LogP contribution >= 0.6 is 31.9 Å². The van der Waals surface area contributed by atoms with Crippen molar-refractivity contribution in [2.75, 3.05) is 0 Å². The van der Waals surface area contributed by atoms with Crippen LogP contribution in [0.25, 0.3) is 0 Å². The van der Waals surface area contributed by atoms with Crippen molar-refractivity contribution in [3.05, 3.63) is 24.3 Å². The number of halogens is 2. The Balaban J connectivity index is 0.000000255. The highest BCUT2D eigenvalue weighted by Crippen LogP contribution is 2.33. The first-order chi connectivity index (χ1) is 6.52. The fourth-order valence-electron chi connectivity index (χ4n) is 0.818. The van der Waals surface area contributed by atoms with Crippen molar-refractivity contribution in [1.82, 2.24) is 0 Å². The third kappa shape index (κ3) is 7.51. The molecule has 0 aromatic heterocycles. The lowest BCUT2D eigenvalue weighted by Crippen LogP contribution is -2.05. The molecular weight excluding hydrogens is 308 g/mol. The molecule has 0 saturated heterocycles. The SMILES string of the molecule is BrC1(Br)C=CC=CC1.CCC(=O)CC. The van der Waals surface area contributed by atoms with Gasteiger partial charge in [-0.25, -0.2) is 0 Å². The van der Waals surface area contributed by atoms with Gasteiger partial charge in [0, 0.05) is 12.8 Å². The molecule has 0 aromatic rings. The van der Waals surface area contributed by atoms with Crippen LogP contribution in [0, 0.1) is 0 Å². The Morgan fingerprint density at radius 1 is 1.29 bits per heavy atom. The van der Waals surface area contributed by atoms with Crippen molar-refractivity contribution in [2.45, 2.75) is 36.3 Å². The molecule has 0 fully saturated rings. The normalized spacial score (nSPS) is 17.1. The third-order valence-corrected chi connectivity index (χ3v) is 2.94. The van der Waals surface area contributed by atoms with Gasteiger partial charge in [-0.3, -0.25) is 4.79 Å². The van der Waals surface area contributed by atoms with Crippen LogP contribution in [-0.2, 0) is 4.79 Å². The number of carbonyl (C=O) groups excluding carboxylic acids is 1. The van der Waals surface area contributed by atoms with Gasteiger partial charge in [-0.05, 0) is 6.42 Å². The van der Waals surface area contributed by atoms with Gasteiger partial charge in [0.15, 0.2) is 0 Å². The third-order valence-electron chi connectivity index (χ3n) is 1.77. The fraction of sp³-hybridized carbons (Fsp3) is 0.545. The lowest BCUT2D eigenvalue weighted by molar-refractivity contribution is -0.118. The molecule has 80 valence electrons. The highest BCUT2D eigenvalue weighted by Gasteiger charge is 2.17. The Bertz CT molecular complexity index is 223. The molecule has 1 aliphatic rings. The predicted octanol–water partition coefficient (Wildman–Crippen LogP) is 4.36. The second-order valence-electron chi connectivity index (χ2n) is 3.00. The molecule has 0 heterocycles. The highest BCUT2D eigenvalue weighted by molar-refractivity contribution is 9.25. The number of ketones is 1. The standard InChI is InChI=1S/C6H6Br2.C5H10O/c7-6(8)4-2-1-3-5-6;1-3-5(6)4-2/h1-4H,5H2;3-4H2,1-2H3. The number of Topliss-reactive ketones (excluding diaryl/α,β-unsaturated/α-hetero) is 1. The largest absolute Gasteiger partial charge is 0.300 e. The van der Waals surface area contributed by atoms with E-state index in [2.05, 4.69) is 44.0 Å². The number of allylic oxidation sites excluding steroid dienone is 4. The number of alkyl halides is 2. The van der Waals surface area contributed by atoms with Gasteiger partial charge in [0.05, 0.1) is 0 Å². The second-order valence-corrected chi connectivity index (χ2v) is 6.89. The summed E-state index contributed by atoms with van der Waals surface area (Å²) in [6.45, 7) is 3.76. The Labute approximate surface area is 103 Å². The van der Waals surface area contributed by atoms with E-state index >= 15 is 0 Å². The monoisotopic (exact) mass is 322 g/mol. The predicted molar refractivity (Wildman–Crippen MR) is 69.1 cm³/mol. The average molecular weight is 324 g/mol. The summed E-state index contributed by atoms with van der Waals surface area (Å²) >= 11 is 6.94. The topological polar surface area (TPSA) is 17.1 Å². The maximum Gasteiger partial charge on any atom is 0.132 e. The van der Waals surface area contributed by atoms with E-state index in [1.807, 2.05) is 26.0 Å². The summed E-state index contributed by atoms with van der Waals surface area (Å²) in [5.74, 6) is 0.343. The van der Waals surface area contributed by atoms with Gasteiger partial charge in [-0.1, -0.05) is 70.0 Å². The summed E-state index contributed by atoms with van der Waals surface area (Å²) in [7, 11) is 0. The number of hydrogen-bond donors (Lipinski definition) is 0. The minimum atomic E-state index is 0.0365. The van der Waals surface area contributed by atoms with Crippen molar-refractivity contribution in [2.24, 2.45) is 0 Å². The van der Waals surface area contributed by atoms with Gasteiger partial charge < -0.3 is 0 Å². The smallest absolute Gasteiger partial charge is 0.132 e. The van der Waals surface area contributed by atoms with Gasteiger partial charge in [0.25, 0.3) is 0 Å². The first-order valence-corrected chi connectivity index (χ1v) is 6.34. The van der Waals surface area contributed by atoms with Crippen LogP contribution in [0.3, 0.4) is 0 Å². The van der Waals surface area contributed by atoms with E-state index in [4.69, 9.17) is 0 Å². The Morgan fingerprint density at radius 2 is 1.86 bits per heavy atom. The number of carbonyl (C=O) groups is 1. The molecule has 0 aliphatic heterocycles. The molecule has 1 aliphatic carbocycles. The Hall–Kier alpha value is 0.110. The average Bonchev–Trinajstić information content (AvgIpc) is 2.17. The van der Waals surface area contributed by atoms with Crippen LogP contribution in [0.5, 0.6) is 0 Å². The summed E-state index contributed by atoms with van der Waals surface area (Å²) in [6.07, 6.45) is 10.7. The summed E-state index contributed by atoms with van der Waals surface area (Å²) < 4.78 is 0.0365. The summed E-state index contributed by atoms with van der Waals surface area (Å²) in [6, 6.07) is 0. The summed E-state index contributed by atoms with van der Waals surface area (Å²) in [4.78, 5) is 10.2. The van der Waals surface area contributed by atoms with E-state index in [9.17, 15) is 4.79 Å². The zero-order valence-corrected chi connectivity index (χ0v) is 11.8. The molecule has 1 rings (SSSR count). The molecule has 14 heavy (non-hydrogen) atoms. The zero-order valence-electron chi connectivity index (χ0n) is 8.59. The highest BCUT2D eigenvalue weighted by atomic mass is 79.9. The second kappa shape index (κ2) is 7.41. The van der Waals surface area contributed by atoms with E-state index in [0.717, 1.165) is 6.42 Å². The van der Waals surface area contributed by atoms with E-state index < -0.39 is 0 Å². The molecule has 3 heteroatoms. The van der Waals surface area contributed by atoms with Gasteiger partial charge in [0.1, 0.15) is 9.02 Å². The molecule has 0 amide bonds. The van der Waals surface area contributed by atoms with Gasteiger partial charge in [0.2, 0.25) is 0 Å². The lowest BCUT2D eigenvalue weighted by Gasteiger charge is -2.14. The molecule has 0 atom stereocenters. The molecule has 0 bridgehead atoms. The maximum absolute atomic E-state index is 10.2. The number of rotatable bonds is 2. The van der Waals surface area contributed by atoms with Crippen molar-refractivity contribution >= 4 is 37.6 Å². The van der Waals surface area contributed by atoms with E-state index in [1.165, 1.54) is 0 Å². The maximum atomic E-state index is 10.2. The Kier molecular flexibility index (Phi) is 7.47. The quantitative estimate of drug-likeness (QED) is 0.690. The zero-order chi connectivity index (χ0) is 11.0. The van der Waals surface area contributed by atoms with Crippen LogP contribution < -0.4 is 0 Å². The minimum absolute atomic E-state index is 0.0365.